The van der Waals surface area contributed by atoms with E-state index in [0.29, 0.717) is 38.4 Å². The van der Waals surface area contributed by atoms with Gasteiger partial charge in [-0.2, -0.15) is 0 Å². The van der Waals surface area contributed by atoms with Gasteiger partial charge in [0.1, 0.15) is 0 Å². The van der Waals surface area contributed by atoms with Crippen LogP contribution in [0.3, 0.4) is 0 Å². The summed E-state index contributed by atoms with van der Waals surface area (Å²) in [7, 11) is 0. The molecule has 0 radical (unpaired) electrons. The highest BCUT2D eigenvalue weighted by Gasteiger charge is 2.29. The van der Waals surface area contributed by atoms with E-state index < -0.39 is 10.9 Å². The van der Waals surface area contributed by atoms with Crippen LogP contribution in [0, 0.1) is 5.92 Å². The number of amides is 1. The van der Waals surface area contributed by atoms with Gasteiger partial charge < -0.3 is 10.6 Å². The monoisotopic (exact) mass is 484 g/mol. The molecule has 2 heterocycles. The fourth-order valence-electron chi connectivity index (χ4n) is 5.04. The van der Waals surface area contributed by atoms with Crippen LogP contribution in [0.25, 0.3) is 41.7 Å². The zero-order valence-electron chi connectivity index (χ0n) is 18.6. The molecule has 0 aliphatic carbocycles. The van der Waals surface area contributed by atoms with Crippen LogP contribution in [0.15, 0.2) is 61.6 Å². The Morgan fingerprint density at radius 3 is 2.03 bits per heavy atom. The summed E-state index contributed by atoms with van der Waals surface area (Å²) in [5.41, 5.74) is 4.82. The molecule has 1 amide bonds. The van der Waals surface area contributed by atoms with E-state index in [9.17, 15) is 24.0 Å². The Hall–Kier alpha value is -3.75. The van der Waals surface area contributed by atoms with Crippen molar-refractivity contribution in [3.8, 4) is 0 Å². The van der Waals surface area contributed by atoms with E-state index >= 15 is 0 Å². The molecule has 0 spiro atoms. The van der Waals surface area contributed by atoms with Crippen LogP contribution in [-0.4, -0.2) is 30.4 Å². The maximum atomic E-state index is 13.6. The summed E-state index contributed by atoms with van der Waals surface area (Å²) in [6, 6.07) is 11.5. The Kier molecular flexibility index (Phi) is 4.91. The highest BCUT2D eigenvalue weighted by atomic mass is 32.1. The van der Waals surface area contributed by atoms with Crippen LogP contribution in [0.5, 0.6) is 0 Å². The summed E-state index contributed by atoms with van der Waals surface area (Å²) in [5.74, 6) is 0.394. The number of fused-ring (bicyclic) bond motifs is 5. The SMILES string of the molecule is NCC1CN(C(=O)CCc2ccc3c(=O)c4sc5c(=O)c6ccccc6c(=O)c5c4c(=O)c3c2)C1. The minimum atomic E-state index is -0.436. The van der Waals surface area contributed by atoms with E-state index in [1.54, 1.807) is 47.4 Å². The third kappa shape index (κ3) is 3.17. The first-order valence-corrected chi connectivity index (χ1v) is 12.3. The molecule has 0 saturated carbocycles. The van der Waals surface area contributed by atoms with Crippen molar-refractivity contribution in [2.24, 2.45) is 11.7 Å². The maximum absolute atomic E-state index is 13.6. The zero-order valence-corrected chi connectivity index (χ0v) is 19.4. The average molecular weight is 485 g/mol. The largest absolute Gasteiger partial charge is 0.342 e. The van der Waals surface area contributed by atoms with Crippen LogP contribution in [0.4, 0.5) is 0 Å². The fraction of sp³-hybridized carbons (Fsp3) is 0.222. The van der Waals surface area contributed by atoms with E-state index in [1.165, 1.54) is 0 Å². The minimum absolute atomic E-state index is 0.0250. The second-order valence-corrected chi connectivity index (χ2v) is 10.2. The smallest absolute Gasteiger partial charge is 0.222 e. The molecule has 1 aliphatic rings. The molecule has 1 saturated heterocycles. The molecule has 4 aromatic carbocycles. The van der Waals surface area contributed by atoms with Crippen molar-refractivity contribution in [2.75, 3.05) is 19.6 Å². The molecule has 1 aromatic heterocycles. The van der Waals surface area contributed by atoms with Crippen molar-refractivity contribution < 1.29 is 4.79 Å². The quantitative estimate of drug-likeness (QED) is 0.418. The van der Waals surface area contributed by atoms with Gasteiger partial charge in [0.05, 0.1) is 20.2 Å². The number of hydrogen-bond acceptors (Lipinski definition) is 7. The molecule has 1 aliphatic heterocycles. The van der Waals surface area contributed by atoms with Gasteiger partial charge in [0, 0.05) is 47.0 Å². The standard InChI is InChI=1S/C27H20N2O5S/c28-10-14-11-29(12-14)19(30)8-6-13-5-7-17-18(9-13)23(32)21-20-22(31)15-3-1-2-4-16(15)24(33)26(20)35-27(21)25(17)34/h1-5,7,9,14H,6,8,10-12,28H2. The van der Waals surface area contributed by atoms with Gasteiger partial charge in [-0.1, -0.05) is 30.3 Å². The normalized spacial score (nSPS) is 14.4. The molecule has 0 unspecified atom stereocenters. The Balaban J connectivity index is 1.50. The molecule has 174 valence electrons. The summed E-state index contributed by atoms with van der Waals surface area (Å²) in [6.07, 6.45) is 0.720. The van der Waals surface area contributed by atoms with Crippen molar-refractivity contribution in [1.82, 2.24) is 4.90 Å². The van der Waals surface area contributed by atoms with Crippen LogP contribution < -0.4 is 27.4 Å². The Bertz CT molecular complexity index is 1910. The van der Waals surface area contributed by atoms with Gasteiger partial charge in [-0.3, -0.25) is 24.0 Å². The van der Waals surface area contributed by atoms with E-state index in [1.807, 2.05) is 0 Å². The van der Waals surface area contributed by atoms with Crippen molar-refractivity contribution in [3.05, 3.63) is 88.9 Å². The van der Waals surface area contributed by atoms with Crippen LogP contribution in [0.1, 0.15) is 12.0 Å². The average Bonchev–Trinajstić information content (AvgIpc) is 3.25. The molecule has 8 heteroatoms. The molecular weight excluding hydrogens is 464 g/mol. The molecular formula is C27H20N2O5S. The van der Waals surface area contributed by atoms with Gasteiger partial charge in [0.15, 0.2) is 10.9 Å². The van der Waals surface area contributed by atoms with Gasteiger partial charge in [0.25, 0.3) is 0 Å². The number of likely N-dealkylation sites (tertiary alicyclic amines) is 1. The third-order valence-corrected chi connectivity index (χ3v) is 8.22. The summed E-state index contributed by atoms with van der Waals surface area (Å²) < 4.78 is 0.279. The van der Waals surface area contributed by atoms with E-state index in [-0.39, 0.29) is 58.5 Å². The number of nitrogens with two attached hydrogens (primary N) is 1. The van der Waals surface area contributed by atoms with Crippen molar-refractivity contribution >= 4 is 59.0 Å². The van der Waals surface area contributed by atoms with Gasteiger partial charge in [-0.05, 0) is 30.7 Å². The van der Waals surface area contributed by atoms with E-state index in [4.69, 9.17) is 5.73 Å². The van der Waals surface area contributed by atoms with E-state index in [0.717, 1.165) is 16.9 Å². The molecule has 0 atom stereocenters. The first kappa shape index (κ1) is 21.8. The topological polar surface area (TPSA) is 115 Å². The molecule has 2 N–H and O–H groups in total. The molecule has 35 heavy (non-hydrogen) atoms. The van der Waals surface area contributed by atoms with Crippen LogP contribution in [-0.2, 0) is 11.2 Å². The lowest BCUT2D eigenvalue weighted by molar-refractivity contribution is -0.137. The van der Waals surface area contributed by atoms with Crippen molar-refractivity contribution in [1.29, 1.82) is 0 Å². The summed E-state index contributed by atoms with van der Waals surface area (Å²) in [4.78, 5) is 67.4. The fourth-order valence-corrected chi connectivity index (χ4v) is 6.25. The van der Waals surface area contributed by atoms with Crippen LogP contribution >= 0.6 is 11.3 Å². The van der Waals surface area contributed by atoms with Crippen molar-refractivity contribution in [3.63, 3.8) is 0 Å². The second kappa shape index (κ2) is 7.90. The number of aryl methyl sites for hydroxylation is 1. The Morgan fingerprint density at radius 1 is 0.829 bits per heavy atom. The van der Waals surface area contributed by atoms with Gasteiger partial charge in [-0.25, -0.2) is 0 Å². The lowest BCUT2D eigenvalue weighted by Crippen LogP contribution is -2.52. The zero-order chi connectivity index (χ0) is 24.4. The number of carbonyl (C=O) groups is 1. The third-order valence-electron chi connectivity index (χ3n) is 7.04. The lowest BCUT2D eigenvalue weighted by Gasteiger charge is -2.38. The molecule has 5 aromatic rings. The Labute approximate surface area is 201 Å². The first-order chi connectivity index (χ1) is 16.9. The number of hydrogen-bond donors (Lipinski definition) is 1. The van der Waals surface area contributed by atoms with Crippen LogP contribution in [0.2, 0.25) is 0 Å². The first-order valence-electron chi connectivity index (χ1n) is 11.4. The molecule has 7 nitrogen and oxygen atoms in total. The second-order valence-electron chi connectivity index (χ2n) is 9.15. The Morgan fingerprint density at radius 2 is 1.40 bits per heavy atom. The molecule has 0 bridgehead atoms. The highest BCUT2D eigenvalue weighted by Crippen LogP contribution is 2.29. The van der Waals surface area contributed by atoms with Crippen molar-refractivity contribution in [2.45, 2.75) is 12.8 Å². The lowest BCUT2D eigenvalue weighted by atomic mass is 9.98. The number of thiophene rings is 1. The number of rotatable bonds is 4. The summed E-state index contributed by atoms with van der Waals surface area (Å²) in [6.45, 7) is 1.92. The summed E-state index contributed by atoms with van der Waals surface area (Å²) >= 11 is 0.921. The van der Waals surface area contributed by atoms with Gasteiger partial charge in [-0.15, -0.1) is 11.3 Å². The number of nitrogens with zero attached hydrogens (tertiary/aromatic N) is 1. The highest BCUT2D eigenvalue weighted by molar-refractivity contribution is 7.25. The predicted molar refractivity (Wildman–Crippen MR) is 139 cm³/mol. The maximum Gasteiger partial charge on any atom is 0.222 e. The van der Waals surface area contributed by atoms with E-state index in [2.05, 4.69) is 0 Å². The van der Waals surface area contributed by atoms with Gasteiger partial charge in [0.2, 0.25) is 16.8 Å². The minimum Gasteiger partial charge on any atom is -0.342 e. The summed E-state index contributed by atoms with van der Waals surface area (Å²) in [5, 5.41) is 1.05. The number of carbonyl (C=O) groups excluding carboxylic acids is 1. The van der Waals surface area contributed by atoms with Gasteiger partial charge >= 0.3 is 0 Å². The molecule has 1 fully saturated rings. The predicted octanol–water partition coefficient (Wildman–Crippen LogP) is 2.03. The number of benzene rings is 4. The molecule has 6 rings (SSSR count).